The number of nitrogens with one attached hydrogen (secondary N) is 1. The number of nitrogens with zero attached hydrogens (tertiary/aromatic N) is 1. The Morgan fingerprint density at radius 1 is 0.962 bits per heavy atom. The number of aryl methyl sites for hydroxylation is 2. The third-order valence-electron chi connectivity index (χ3n) is 4.15. The molecule has 1 atom stereocenters. The van der Waals surface area contributed by atoms with E-state index in [0.29, 0.717) is 11.3 Å². The first-order valence-corrected chi connectivity index (χ1v) is 9.64. The lowest BCUT2D eigenvalue weighted by molar-refractivity contribution is 0.219. The molecule has 0 radical (unpaired) electrons. The Bertz CT molecular complexity index is 998. The van der Waals surface area contributed by atoms with E-state index in [-0.39, 0.29) is 4.90 Å². The molecule has 1 aromatic heterocycles. The molecule has 2 aromatic carbocycles. The molecule has 3 rings (SSSR count). The van der Waals surface area contributed by atoms with E-state index in [9.17, 15) is 13.5 Å². The molecule has 5 nitrogen and oxygen atoms in total. The van der Waals surface area contributed by atoms with Gasteiger partial charge in [0.2, 0.25) is 0 Å². The smallest absolute Gasteiger partial charge is 0.261 e. The van der Waals surface area contributed by atoms with Crippen LogP contribution in [0.2, 0.25) is 0 Å². The number of aliphatic hydroxyl groups excluding tert-OH is 1. The molecule has 0 bridgehead atoms. The van der Waals surface area contributed by atoms with Gasteiger partial charge in [-0.2, -0.15) is 0 Å². The fourth-order valence-electron chi connectivity index (χ4n) is 2.63. The SMILES string of the molecule is Cc1ccc(S(=O)(=O)Nc2ccc(C(O)c3cccnc3C)cc2)cc1. The lowest BCUT2D eigenvalue weighted by atomic mass is 10.0. The molecule has 0 saturated carbocycles. The summed E-state index contributed by atoms with van der Waals surface area (Å²) < 4.78 is 27.4. The molecular weight excluding hydrogens is 348 g/mol. The summed E-state index contributed by atoms with van der Waals surface area (Å²) in [5.74, 6) is 0. The second-order valence-electron chi connectivity index (χ2n) is 6.12. The maximum absolute atomic E-state index is 12.4. The molecule has 0 aliphatic rings. The van der Waals surface area contributed by atoms with Crippen LogP contribution in [-0.4, -0.2) is 18.5 Å². The Balaban J connectivity index is 1.79. The number of hydrogen-bond donors (Lipinski definition) is 2. The van der Waals surface area contributed by atoms with E-state index in [1.807, 2.05) is 19.9 Å². The van der Waals surface area contributed by atoms with Crippen LogP contribution < -0.4 is 4.72 Å². The molecular formula is C20H20N2O3S. The second kappa shape index (κ2) is 7.27. The molecule has 26 heavy (non-hydrogen) atoms. The molecule has 1 heterocycles. The fourth-order valence-corrected chi connectivity index (χ4v) is 3.69. The number of sulfonamides is 1. The fraction of sp³-hybridized carbons (Fsp3) is 0.150. The minimum Gasteiger partial charge on any atom is -0.384 e. The predicted octanol–water partition coefficient (Wildman–Crippen LogP) is 3.58. The monoisotopic (exact) mass is 368 g/mol. The van der Waals surface area contributed by atoms with Gasteiger partial charge in [0.25, 0.3) is 10.0 Å². The normalized spacial score (nSPS) is 12.6. The first-order valence-electron chi connectivity index (χ1n) is 8.16. The average molecular weight is 368 g/mol. The standard InChI is InChI=1S/C20H20N2O3S/c1-14-5-11-18(12-6-14)26(24,25)22-17-9-7-16(8-10-17)20(23)19-4-3-13-21-15(19)2/h3-13,20,22-23H,1-2H3. The van der Waals surface area contributed by atoms with E-state index in [4.69, 9.17) is 0 Å². The molecule has 6 heteroatoms. The Morgan fingerprint density at radius 3 is 2.23 bits per heavy atom. The number of hydrogen-bond acceptors (Lipinski definition) is 4. The molecule has 2 N–H and O–H groups in total. The molecule has 0 spiro atoms. The maximum Gasteiger partial charge on any atom is 0.261 e. The quantitative estimate of drug-likeness (QED) is 0.721. The minimum absolute atomic E-state index is 0.207. The Labute approximate surface area is 153 Å². The van der Waals surface area contributed by atoms with Crippen molar-refractivity contribution in [2.75, 3.05) is 4.72 Å². The van der Waals surface area contributed by atoms with E-state index < -0.39 is 16.1 Å². The van der Waals surface area contributed by atoms with Gasteiger partial charge in [-0.3, -0.25) is 9.71 Å². The van der Waals surface area contributed by atoms with Gasteiger partial charge in [0.1, 0.15) is 6.10 Å². The summed E-state index contributed by atoms with van der Waals surface area (Å²) in [5, 5.41) is 10.5. The number of pyridine rings is 1. The van der Waals surface area contributed by atoms with Crippen molar-refractivity contribution >= 4 is 15.7 Å². The Morgan fingerprint density at radius 2 is 1.62 bits per heavy atom. The highest BCUT2D eigenvalue weighted by molar-refractivity contribution is 7.92. The predicted molar refractivity (Wildman–Crippen MR) is 101 cm³/mol. The van der Waals surface area contributed by atoms with E-state index in [2.05, 4.69) is 9.71 Å². The van der Waals surface area contributed by atoms with E-state index in [0.717, 1.165) is 16.8 Å². The highest BCUT2D eigenvalue weighted by Gasteiger charge is 2.16. The molecule has 0 aliphatic carbocycles. The van der Waals surface area contributed by atoms with Gasteiger partial charge < -0.3 is 5.11 Å². The second-order valence-corrected chi connectivity index (χ2v) is 7.80. The largest absolute Gasteiger partial charge is 0.384 e. The van der Waals surface area contributed by atoms with Gasteiger partial charge in [-0.25, -0.2) is 8.42 Å². The summed E-state index contributed by atoms with van der Waals surface area (Å²) in [6.45, 7) is 3.74. The van der Waals surface area contributed by atoms with Crippen LogP contribution in [-0.2, 0) is 10.0 Å². The zero-order chi connectivity index (χ0) is 18.7. The van der Waals surface area contributed by atoms with Crippen LogP contribution in [0, 0.1) is 13.8 Å². The summed E-state index contributed by atoms with van der Waals surface area (Å²) in [5.41, 5.74) is 3.57. The third-order valence-corrected chi connectivity index (χ3v) is 5.55. The zero-order valence-corrected chi connectivity index (χ0v) is 15.4. The van der Waals surface area contributed by atoms with Crippen molar-refractivity contribution < 1.29 is 13.5 Å². The van der Waals surface area contributed by atoms with Crippen LogP contribution in [0.25, 0.3) is 0 Å². The molecule has 0 saturated heterocycles. The summed E-state index contributed by atoms with van der Waals surface area (Å²) in [4.78, 5) is 4.39. The van der Waals surface area contributed by atoms with Crippen molar-refractivity contribution in [3.8, 4) is 0 Å². The lowest BCUT2D eigenvalue weighted by Crippen LogP contribution is -2.13. The molecule has 3 aromatic rings. The van der Waals surface area contributed by atoms with Crippen molar-refractivity contribution in [1.29, 1.82) is 0 Å². The number of anilines is 1. The Kier molecular flexibility index (Phi) is 5.06. The summed E-state index contributed by atoms with van der Waals surface area (Å²) in [6, 6.07) is 16.9. The van der Waals surface area contributed by atoms with Crippen LogP contribution in [0.5, 0.6) is 0 Å². The summed E-state index contributed by atoms with van der Waals surface area (Å²) in [6.07, 6.45) is 0.862. The third kappa shape index (κ3) is 3.92. The minimum atomic E-state index is -3.64. The summed E-state index contributed by atoms with van der Waals surface area (Å²) in [7, 11) is -3.64. The number of rotatable bonds is 5. The van der Waals surface area contributed by atoms with Crippen molar-refractivity contribution in [2.45, 2.75) is 24.8 Å². The average Bonchev–Trinajstić information content (AvgIpc) is 2.62. The number of aliphatic hydroxyl groups is 1. The first kappa shape index (κ1) is 18.1. The molecule has 1 unspecified atom stereocenters. The topological polar surface area (TPSA) is 79.3 Å². The summed E-state index contributed by atoms with van der Waals surface area (Å²) >= 11 is 0. The van der Waals surface area contributed by atoms with Crippen molar-refractivity contribution in [1.82, 2.24) is 4.98 Å². The van der Waals surface area contributed by atoms with Crippen LogP contribution >= 0.6 is 0 Å². The van der Waals surface area contributed by atoms with E-state index in [1.165, 1.54) is 0 Å². The van der Waals surface area contributed by atoms with Gasteiger partial charge in [0, 0.05) is 23.1 Å². The van der Waals surface area contributed by atoms with E-state index >= 15 is 0 Å². The molecule has 0 aliphatic heterocycles. The van der Waals surface area contributed by atoms with Crippen molar-refractivity contribution in [3.63, 3.8) is 0 Å². The zero-order valence-electron chi connectivity index (χ0n) is 14.5. The molecule has 0 amide bonds. The van der Waals surface area contributed by atoms with Crippen LogP contribution in [0.3, 0.4) is 0 Å². The van der Waals surface area contributed by atoms with Gasteiger partial charge in [-0.15, -0.1) is 0 Å². The van der Waals surface area contributed by atoms with Crippen molar-refractivity contribution in [2.24, 2.45) is 0 Å². The Hall–Kier alpha value is -2.70. The van der Waals surface area contributed by atoms with Gasteiger partial charge in [-0.05, 0) is 49.7 Å². The molecule has 134 valence electrons. The maximum atomic E-state index is 12.4. The van der Waals surface area contributed by atoms with E-state index in [1.54, 1.807) is 60.8 Å². The number of aromatic nitrogens is 1. The van der Waals surface area contributed by atoms with Gasteiger partial charge in [0.15, 0.2) is 0 Å². The van der Waals surface area contributed by atoms with Gasteiger partial charge >= 0.3 is 0 Å². The first-order chi connectivity index (χ1) is 12.4. The van der Waals surface area contributed by atoms with Crippen LogP contribution in [0.4, 0.5) is 5.69 Å². The van der Waals surface area contributed by atoms with Gasteiger partial charge in [0.05, 0.1) is 4.90 Å². The van der Waals surface area contributed by atoms with Crippen LogP contribution in [0.1, 0.15) is 28.5 Å². The highest BCUT2D eigenvalue weighted by atomic mass is 32.2. The molecule has 0 fully saturated rings. The van der Waals surface area contributed by atoms with Crippen molar-refractivity contribution in [3.05, 3.63) is 89.2 Å². The number of benzene rings is 2. The van der Waals surface area contributed by atoms with Gasteiger partial charge in [-0.1, -0.05) is 35.9 Å². The lowest BCUT2D eigenvalue weighted by Gasteiger charge is -2.14. The van der Waals surface area contributed by atoms with Crippen LogP contribution in [0.15, 0.2) is 71.8 Å². The highest BCUT2D eigenvalue weighted by Crippen LogP contribution is 2.25.